The molecule has 0 aliphatic carbocycles. The largest absolute Gasteiger partial charge is 0.361 e. The molecule has 0 saturated carbocycles. The molecule has 10 heteroatoms. The van der Waals surface area contributed by atoms with Crippen molar-refractivity contribution in [2.45, 2.75) is 4.90 Å². The molecule has 1 saturated heterocycles. The van der Waals surface area contributed by atoms with E-state index in [1.807, 2.05) is 18.2 Å². The van der Waals surface area contributed by atoms with Gasteiger partial charge in [-0.1, -0.05) is 12.1 Å². The fourth-order valence-corrected chi connectivity index (χ4v) is 5.26. The number of nitrogens with zero attached hydrogens (tertiary/aromatic N) is 4. The van der Waals surface area contributed by atoms with E-state index in [4.69, 9.17) is 0 Å². The molecule has 9 nitrogen and oxygen atoms in total. The van der Waals surface area contributed by atoms with Crippen LogP contribution in [0.4, 0.5) is 0 Å². The molecular formula is C19H17N5O4S. The van der Waals surface area contributed by atoms with Gasteiger partial charge in [0.05, 0.1) is 0 Å². The van der Waals surface area contributed by atoms with Crippen molar-refractivity contribution in [1.29, 1.82) is 0 Å². The number of hydrogen-bond donors (Lipinski definition) is 1. The third-order valence-electron chi connectivity index (χ3n) is 5.22. The number of rotatable bonds is 3. The van der Waals surface area contributed by atoms with Crippen LogP contribution in [0.1, 0.15) is 10.4 Å². The van der Waals surface area contributed by atoms with Gasteiger partial charge in [0.2, 0.25) is 10.0 Å². The topological polar surface area (TPSA) is 112 Å². The third-order valence-corrected chi connectivity index (χ3v) is 7.15. The van der Waals surface area contributed by atoms with Crippen molar-refractivity contribution in [3.63, 3.8) is 0 Å². The van der Waals surface area contributed by atoms with E-state index in [-0.39, 0.29) is 29.4 Å². The molecule has 1 amide bonds. The van der Waals surface area contributed by atoms with Gasteiger partial charge in [-0.15, -0.1) is 0 Å². The number of benzene rings is 2. The molecule has 1 aliphatic heterocycles. The summed E-state index contributed by atoms with van der Waals surface area (Å²) in [5.74, 6) is -0.102. The molecule has 0 unspecified atom stereocenters. The number of nitrogens with one attached hydrogen (secondary N) is 1. The predicted molar refractivity (Wildman–Crippen MR) is 105 cm³/mol. The van der Waals surface area contributed by atoms with E-state index < -0.39 is 10.0 Å². The highest BCUT2D eigenvalue weighted by Gasteiger charge is 2.32. The highest BCUT2D eigenvalue weighted by molar-refractivity contribution is 7.89. The maximum Gasteiger partial charge on any atom is 0.254 e. The predicted octanol–water partition coefficient (Wildman–Crippen LogP) is 1.85. The van der Waals surface area contributed by atoms with Gasteiger partial charge < -0.3 is 9.88 Å². The monoisotopic (exact) mass is 411 g/mol. The van der Waals surface area contributed by atoms with Gasteiger partial charge in [-0.25, -0.2) is 13.0 Å². The van der Waals surface area contributed by atoms with E-state index in [0.717, 1.165) is 10.9 Å². The number of sulfonamides is 1. The van der Waals surface area contributed by atoms with Crippen LogP contribution >= 0.6 is 0 Å². The average Bonchev–Trinajstić information content (AvgIpc) is 3.42. The van der Waals surface area contributed by atoms with Crippen molar-refractivity contribution in [2.24, 2.45) is 0 Å². The molecule has 2 aromatic carbocycles. The Morgan fingerprint density at radius 2 is 1.79 bits per heavy atom. The first-order valence-electron chi connectivity index (χ1n) is 9.12. The van der Waals surface area contributed by atoms with Gasteiger partial charge in [0.25, 0.3) is 5.91 Å². The highest BCUT2D eigenvalue weighted by Crippen LogP contribution is 2.25. The van der Waals surface area contributed by atoms with Crippen LogP contribution in [0.5, 0.6) is 0 Å². The molecule has 3 heterocycles. The highest BCUT2D eigenvalue weighted by atomic mass is 32.2. The number of piperazine rings is 1. The Morgan fingerprint density at radius 3 is 2.62 bits per heavy atom. The van der Waals surface area contributed by atoms with Gasteiger partial charge in [0.1, 0.15) is 10.4 Å². The minimum Gasteiger partial charge on any atom is -0.361 e. The summed E-state index contributed by atoms with van der Waals surface area (Å²) in [6.45, 7) is 1.04. The molecule has 1 fully saturated rings. The summed E-state index contributed by atoms with van der Waals surface area (Å²) in [6.07, 6.45) is 1.80. The molecule has 0 bridgehead atoms. The van der Waals surface area contributed by atoms with Gasteiger partial charge >= 0.3 is 0 Å². The molecule has 2 aromatic heterocycles. The van der Waals surface area contributed by atoms with Crippen LogP contribution in [0.2, 0.25) is 0 Å². The molecule has 0 spiro atoms. The minimum atomic E-state index is -3.77. The second kappa shape index (κ2) is 6.68. The Bertz CT molecular complexity index is 1320. The third kappa shape index (κ3) is 2.88. The lowest BCUT2D eigenvalue weighted by Crippen LogP contribution is -2.50. The van der Waals surface area contributed by atoms with E-state index in [1.165, 1.54) is 10.4 Å². The number of H-pyrrole nitrogens is 1. The van der Waals surface area contributed by atoms with Crippen LogP contribution in [-0.2, 0) is 10.0 Å². The van der Waals surface area contributed by atoms with Crippen LogP contribution in [-0.4, -0.2) is 65.0 Å². The zero-order chi connectivity index (χ0) is 20.0. The van der Waals surface area contributed by atoms with Crippen LogP contribution in [0.15, 0.2) is 58.2 Å². The smallest absolute Gasteiger partial charge is 0.254 e. The SMILES string of the molecule is O=C(c1cccc2[nH]ccc12)N1CCN(S(=O)(=O)c2cccc3nonc23)CC1. The first-order chi connectivity index (χ1) is 14.1. The number of aromatic amines is 1. The first-order valence-corrected chi connectivity index (χ1v) is 10.6. The average molecular weight is 411 g/mol. The Hall–Kier alpha value is -3.24. The summed E-state index contributed by atoms with van der Waals surface area (Å²) in [5, 5.41) is 8.29. The molecule has 148 valence electrons. The van der Waals surface area contributed by atoms with Crippen LogP contribution in [0, 0.1) is 0 Å². The summed E-state index contributed by atoms with van der Waals surface area (Å²) < 4.78 is 32.2. The van der Waals surface area contributed by atoms with Crippen molar-refractivity contribution in [3.8, 4) is 0 Å². The normalized spacial score (nSPS) is 15.9. The molecule has 1 N–H and O–H groups in total. The molecule has 1 aliphatic rings. The number of carbonyl (C=O) groups excluding carboxylic acids is 1. The number of hydrogen-bond acceptors (Lipinski definition) is 6. The van der Waals surface area contributed by atoms with E-state index in [0.29, 0.717) is 24.2 Å². The Labute approximate surface area is 165 Å². The first kappa shape index (κ1) is 17.8. The van der Waals surface area contributed by atoms with E-state index in [1.54, 1.807) is 29.3 Å². The molecular weight excluding hydrogens is 394 g/mol. The number of carbonyl (C=O) groups is 1. The van der Waals surface area contributed by atoms with Crippen molar-refractivity contribution >= 4 is 37.9 Å². The Morgan fingerprint density at radius 1 is 1.00 bits per heavy atom. The van der Waals surface area contributed by atoms with E-state index in [9.17, 15) is 13.2 Å². The fraction of sp³-hybridized carbons (Fsp3) is 0.211. The maximum atomic E-state index is 13.1. The van der Waals surface area contributed by atoms with Gasteiger partial charge in [0, 0.05) is 48.8 Å². The van der Waals surface area contributed by atoms with Gasteiger partial charge in [-0.05, 0) is 40.6 Å². The Kier molecular flexibility index (Phi) is 4.10. The standard InChI is InChI=1S/C19H17N5O4S/c25-19(14-3-1-4-15-13(14)7-8-20-15)23-9-11-24(12-10-23)29(26,27)17-6-2-5-16-18(17)22-28-21-16/h1-8,20H,9-12H2. The van der Waals surface area contributed by atoms with Gasteiger partial charge in [0.15, 0.2) is 5.52 Å². The van der Waals surface area contributed by atoms with Crippen LogP contribution in [0.3, 0.4) is 0 Å². The molecule has 0 radical (unpaired) electrons. The quantitative estimate of drug-likeness (QED) is 0.551. The van der Waals surface area contributed by atoms with E-state index in [2.05, 4.69) is 19.9 Å². The summed E-state index contributed by atoms with van der Waals surface area (Å²) in [7, 11) is -3.77. The second-order valence-corrected chi connectivity index (χ2v) is 8.74. The number of amides is 1. The minimum absolute atomic E-state index is 0.0631. The summed E-state index contributed by atoms with van der Waals surface area (Å²) >= 11 is 0. The van der Waals surface area contributed by atoms with Crippen molar-refractivity contribution in [1.82, 2.24) is 24.5 Å². The summed E-state index contributed by atoms with van der Waals surface area (Å²) in [4.78, 5) is 17.8. The number of fused-ring (bicyclic) bond motifs is 2. The summed E-state index contributed by atoms with van der Waals surface area (Å²) in [5.41, 5.74) is 2.11. The lowest BCUT2D eigenvalue weighted by Gasteiger charge is -2.34. The molecule has 4 aromatic rings. The van der Waals surface area contributed by atoms with Crippen LogP contribution < -0.4 is 0 Å². The van der Waals surface area contributed by atoms with Crippen molar-refractivity contribution in [2.75, 3.05) is 26.2 Å². The fourth-order valence-electron chi connectivity index (χ4n) is 3.70. The van der Waals surface area contributed by atoms with Gasteiger partial charge in [-0.2, -0.15) is 4.31 Å². The zero-order valence-corrected chi connectivity index (χ0v) is 16.1. The zero-order valence-electron chi connectivity index (χ0n) is 15.3. The van der Waals surface area contributed by atoms with E-state index >= 15 is 0 Å². The van der Waals surface area contributed by atoms with Crippen molar-refractivity contribution in [3.05, 3.63) is 54.2 Å². The number of aromatic nitrogens is 3. The maximum absolute atomic E-state index is 13.1. The van der Waals surface area contributed by atoms with Gasteiger partial charge in [-0.3, -0.25) is 4.79 Å². The lowest BCUT2D eigenvalue weighted by atomic mass is 10.1. The molecule has 5 rings (SSSR count). The Balaban J connectivity index is 1.37. The molecule has 0 atom stereocenters. The van der Waals surface area contributed by atoms with Crippen molar-refractivity contribution < 1.29 is 17.8 Å². The summed E-state index contributed by atoms with van der Waals surface area (Å²) in [6, 6.07) is 12.1. The second-order valence-electron chi connectivity index (χ2n) is 6.83. The lowest BCUT2D eigenvalue weighted by molar-refractivity contribution is 0.0700. The molecule has 29 heavy (non-hydrogen) atoms. The van der Waals surface area contributed by atoms with Crippen LogP contribution in [0.25, 0.3) is 21.9 Å².